The zero-order valence-electron chi connectivity index (χ0n) is 10.9. The van der Waals surface area contributed by atoms with Gasteiger partial charge in [-0.1, -0.05) is 18.9 Å². The number of anilines is 1. The van der Waals surface area contributed by atoms with E-state index in [1.807, 2.05) is 7.05 Å². The van der Waals surface area contributed by atoms with Crippen LogP contribution in [0.1, 0.15) is 45.4 Å². The summed E-state index contributed by atoms with van der Waals surface area (Å²) in [6.45, 7) is 4.98. The molecule has 0 aromatic carbocycles. The molecule has 0 spiro atoms. The van der Waals surface area contributed by atoms with Gasteiger partial charge in [0.2, 0.25) is 5.89 Å². The molecular formula is C12H22N4O. The van der Waals surface area contributed by atoms with Crippen LogP contribution in [0, 0.1) is 5.41 Å². The van der Waals surface area contributed by atoms with Gasteiger partial charge in [-0.05, 0) is 31.1 Å². The Labute approximate surface area is 102 Å². The maximum absolute atomic E-state index is 5.48. The predicted octanol–water partition coefficient (Wildman–Crippen LogP) is 1.93. The normalized spacial score (nSPS) is 20.5. The molecule has 2 N–H and O–H groups in total. The first-order valence-corrected chi connectivity index (χ1v) is 6.27. The SMILES string of the molecule is CN(c1nnc(CN)o1)C1CCC(C)(C)CC1. The molecule has 0 saturated heterocycles. The highest BCUT2D eigenvalue weighted by Gasteiger charge is 2.30. The van der Waals surface area contributed by atoms with E-state index < -0.39 is 0 Å². The van der Waals surface area contributed by atoms with Gasteiger partial charge in [-0.15, -0.1) is 5.10 Å². The van der Waals surface area contributed by atoms with Crippen molar-refractivity contribution in [3.8, 4) is 0 Å². The summed E-state index contributed by atoms with van der Waals surface area (Å²) >= 11 is 0. The van der Waals surface area contributed by atoms with Crippen molar-refractivity contribution in [3.63, 3.8) is 0 Å². The second-order valence-electron chi connectivity index (χ2n) is 5.69. The predicted molar refractivity (Wildman–Crippen MR) is 66.6 cm³/mol. The third kappa shape index (κ3) is 2.77. The Balaban J connectivity index is 1.98. The summed E-state index contributed by atoms with van der Waals surface area (Å²) in [5.41, 5.74) is 5.94. The van der Waals surface area contributed by atoms with Gasteiger partial charge < -0.3 is 15.1 Å². The minimum absolute atomic E-state index is 0.304. The highest BCUT2D eigenvalue weighted by Crippen LogP contribution is 2.37. The van der Waals surface area contributed by atoms with Crippen LogP contribution in [0.5, 0.6) is 0 Å². The van der Waals surface area contributed by atoms with Crippen molar-refractivity contribution < 1.29 is 4.42 Å². The monoisotopic (exact) mass is 238 g/mol. The molecule has 5 nitrogen and oxygen atoms in total. The summed E-state index contributed by atoms with van der Waals surface area (Å²) in [7, 11) is 2.02. The van der Waals surface area contributed by atoms with Crippen molar-refractivity contribution in [2.75, 3.05) is 11.9 Å². The molecule has 1 fully saturated rings. The molecule has 1 aromatic heterocycles. The molecule has 0 unspecified atom stereocenters. The largest absolute Gasteiger partial charge is 0.407 e. The van der Waals surface area contributed by atoms with Crippen molar-refractivity contribution in [1.29, 1.82) is 0 Å². The number of rotatable bonds is 3. The minimum Gasteiger partial charge on any atom is -0.407 e. The van der Waals surface area contributed by atoms with Gasteiger partial charge in [0.1, 0.15) is 0 Å². The molecule has 2 rings (SSSR count). The second kappa shape index (κ2) is 4.64. The van der Waals surface area contributed by atoms with Gasteiger partial charge in [0.25, 0.3) is 0 Å². The van der Waals surface area contributed by atoms with Gasteiger partial charge in [-0.3, -0.25) is 0 Å². The maximum Gasteiger partial charge on any atom is 0.318 e. The van der Waals surface area contributed by atoms with Crippen LogP contribution in [0.3, 0.4) is 0 Å². The first kappa shape index (κ1) is 12.4. The fourth-order valence-electron chi connectivity index (χ4n) is 2.40. The topological polar surface area (TPSA) is 68.2 Å². The fraction of sp³-hybridized carbons (Fsp3) is 0.833. The van der Waals surface area contributed by atoms with Crippen molar-refractivity contribution >= 4 is 6.01 Å². The van der Waals surface area contributed by atoms with Gasteiger partial charge in [0, 0.05) is 13.1 Å². The fourth-order valence-corrected chi connectivity index (χ4v) is 2.40. The van der Waals surface area contributed by atoms with E-state index in [9.17, 15) is 0 Å². The number of hydrogen-bond donors (Lipinski definition) is 1. The Hall–Kier alpha value is -1.10. The summed E-state index contributed by atoms with van der Waals surface area (Å²) in [6.07, 6.45) is 4.87. The Kier molecular flexibility index (Phi) is 3.38. The molecule has 1 aliphatic rings. The number of aromatic nitrogens is 2. The lowest BCUT2D eigenvalue weighted by atomic mass is 9.75. The molecule has 1 heterocycles. The Morgan fingerprint density at radius 3 is 2.53 bits per heavy atom. The van der Waals surface area contributed by atoms with Gasteiger partial charge in [0.15, 0.2) is 0 Å². The highest BCUT2D eigenvalue weighted by atomic mass is 16.4. The van der Waals surface area contributed by atoms with E-state index in [2.05, 4.69) is 28.9 Å². The van der Waals surface area contributed by atoms with Gasteiger partial charge in [0.05, 0.1) is 6.54 Å². The third-order valence-corrected chi connectivity index (χ3v) is 3.79. The van der Waals surface area contributed by atoms with E-state index in [4.69, 9.17) is 10.2 Å². The lowest BCUT2D eigenvalue weighted by Crippen LogP contribution is -2.37. The summed E-state index contributed by atoms with van der Waals surface area (Å²) < 4.78 is 5.48. The maximum atomic E-state index is 5.48. The lowest BCUT2D eigenvalue weighted by Gasteiger charge is -2.37. The lowest BCUT2D eigenvalue weighted by molar-refractivity contribution is 0.219. The number of hydrogen-bond acceptors (Lipinski definition) is 5. The summed E-state index contributed by atoms with van der Waals surface area (Å²) in [5, 5.41) is 7.92. The zero-order chi connectivity index (χ0) is 12.5. The third-order valence-electron chi connectivity index (χ3n) is 3.79. The van der Waals surface area contributed by atoms with E-state index in [0.717, 1.165) is 0 Å². The number of nitrogens with zero attached hydrogens (tertiary/aromatic N) is 3. The van der Waals surface area contributed by atoms with Crippen LogP contribution in [-0.4, -0.2) is 23.3 Å². The van der Waals surface area contributed by atoms with Crippen molar-refractivity contribution in [1.82, 2.24) is 10.2 Å². The highest BCUT2D eigenvalue weighted by molar-refractivity contribution is 5.24. The average molecular weight is 238 g/mol. The van der Waals surface area contributed by atoms with E-state index in [0.29, 0.717) is 29.9 Å². The molecule has 0 bridgehead atoms. The van der Waals surface area contributed by atoms with Crippen LogP contribution in [0.15, 0.2) is 4.42 Å². The molecule has 0 atom stereocenters. The molecule has 1 saturated carbocycles. The smallest absolute Gasteiger partial charge is 0.318 e. The Morgan fingerprint density at radius 1 is 1.35 bits per heavy atom. The van der Waals surface area contributed by atoms with E-state index >= 15 is 0 Å². The van der Waals surface area contributed by atoms with Crippen molar-refractivity contribution in [2.45, 2.75) is 52.1 Å². The number of nitrogens with two attached hydrogens (primary N) is 1. The van der Waals surface area contributed by atoms with Crippen LogP contribution in [0.4, 0.5) is 6.01 Å². The molecule has 0 radical (unpaired) electrons. The van der Waals surface area contributed by atoms with Gasteiger partial charge in [-0.25, -0.2) is 0 Å². The molecular weight excluding hydrogens is 216 g/mol. The van der Waals surface area contributed by atoms with E-state index in [1.165, 1.54) is 25.7 Å². The van der Waals surface area contributed by atoms with E-state index in [1.54, 1.807) is 0 Å². The van der Waals surface area contributed by atoms with Crippen LogP contribution in [0.2, 0.25) is 0 Å². The quantitative estimate of drug-likeness (QED) is 0.871. The summed E-state index contributed by atoms with van der Waals surface area (Å²) in [5.74, 6) is 0.503. The second-order valence-corrected chi connectivity index (χ2v) is 5.69. The first-order chi connectivity index (χ1) is 8.02. The first-order valence-electron chi connectivity index (χ1n) is 6.27. The van der Waals surface area contributed by atoms with E-state index in [-0.39, 0.29) is 0 Å². The van der Waals surface area contributed by atoms with Crippen molar-refractivity contribution in [3.05, 3.63) is 5.89 Å². The van der Waals surface area contributed by atoms with Crippen molar-refractivity contribution in [2.24, 2.45) is 11.1 Å². The molecule has 17 heavy (non-hydrogen) atoms. The average Bonchev–Trinajstić information content (AvgIpc) is 2.76. The summed E-state index contributed by atoms with van der Waals surface area (Å²) in [4.78, 5) is 2.10. The van der Waals surface area contributed by atoms with Gasteiger partial charge >= 0.3 is 6.01 Å². The molecule has 5 heteroatoms. The minimum atomic E-state index is 0.304. The van der Waals surface area contributed by atoms with Crippen LogP contribution in [0.25, 0.3) is 0 Å². The standard InChI is InChI=1S/C12H22N4O/c1-12(2)6-4-9(5-7-12)16(3)11-15-14-10(8-13)17-11/h9H,4-8,13H2,1-3H3. The molecule has 1 aliphatic carbocycles. The van der Waals surface area contributed by atoms with Crippen LogP contribution >= 0.6 is 0 Å². The Bertz CT molecular complexity index is 364. The Morgan fingerprint density at radius 2 is 2.00 bits per heavy atom. The molecule has 1 aromatic rings. The van der Waals surface area contributed by atoms with Gasteiger partial charge in [-0.2, -0.15) is 0 Å². The molecule has 96 valence electrons. The molecule has 0 aliphatic heterocycles. The zero-order valence-corrected chi connectivity index (χ0v) is 10.9. The van der Waals surface area contributed by atoms with Crippen LogP contribution < -0.4 is 10.6 Å². The summed E-state index contributed by atoms with van der Waals surface area (Å²) in [6, 6.07) is 1.10. The molecule has 0 amide bonds. The van der Waals surface area contributed by atoms with Crippen LogP contribution in [-0.2, 0) is 6.54 Å².